The van der Waals surface area contributed by atoms with Crippen LogP contribution in [0.15, 0.2) is 16.5 Å². The third kappa shape index (κ3) is 3.68. The van der Waals surface area contributed by atoms with E-state index >= 15 is 0 Å². The summed E-state index contributed by atoms with van der Waals surface area (Å²) in [5.41, 5.74) is 0. The van der Waals surface area contributed by atoms with Gasteiger partial charge in [0.1, 0.15) is 11.8 Å². The Morgan fingerprint density at radius 1 is 1.55 bits per heavy atom. The molecule has 6 nitrogen and oxygen atoms in total. The Hall–Kier alpha value is -1.66. The van der Waals surface area contributed by atoms with Crippen LogP contribution in [0.25, 0.3) is 0 Å². The second kappa shape index (κ2) is 7.21. The summed E-state index contributed by atoms with van der Waals surface area (Å²) in [5, 5.41) is 2.89. The SMILES string of the molecule is CCCNC(=O)C1COCCN1Cc1ccc(C=O)o1. The Kier molecular flexibility index (Phi) is 5.31. The van der Waals surface area contributed by atoms with Gasteiger partial charge in [-0.1, -0.05) is 6.92 Å². The van der Waals surface area contributed by atoms with Crippen LogP contribution in [0.4, 0.5) is 0 Å². The van der Waals surface area contributed by atoms with E-state index in [2.05, 4.69) is 5.32 Å². The summed E-state index contributed by atoms with van der Waals surface area (Å²) >= 11 is 0. The number of carbonyl (C=O) groups excluding carboxylic acids is 2. The first kappa shape index (κ1) is 14.7. The van der Waals surface area contributed by atoms with Crippen molar-refractivity contribution in [2.45, 2.75) is 25.9 Å². The topological polar surface area (TPSA) is 71.8 Å². The van der Waals surface area contributed by atoms with Gasteiger partial charge in [-0.3, -0.25) is 14.5 Å². The van der Waals surface area contributed by atoms with Crippen LogP contribution in [0.2, 0.25) is 0 Å². The van der Waals surface area contributed by atoms with Gasteiger partial charge < -0.3 is 14.5 Å². The molecule has 1 aliphatic heterocycles. The van der Waals surface area contributed by atoms with Crippen LogP contribution in [0, 0.1) is 0 Å². The number of hydrogen-bond acceptors (Lipinski definition) is 5. The molecule has 0 aromatic carbocycles. The molecule has 0 saturated carbocycles. The summed E-state index contributed by atoms with van der Waals surface area (Å²) in [6.45, 7) is 4.83. The largest absolute Gasteiger partial charge is 0.457 e. The van der Waals surface area contributed by atoms with E-state index in [1.54, 1.807) is 12.1 Å². The molecule has 2 rings (SSSR count). The minimum absolute atomic E-state index is 0.0197. The van der Waals surface area contributed by atoms with Crippen molar-refractivity contribution in [3.05, 3.63) is 23.7 Å². The van der Waals surface area contributed by atoms with Gasteiger partial charge in [0.15, 0.2) is 12.0 Å². The monoisotopic (exact) mass is 280 g/mol. The average molecular weight is 280 g/mol. The molecule has 1 atom stereocenters. The smallest absolute Gasteiger partial charge is 0.239 e. The van der Waals surface area contributed by atoms with Crippen LogP contribution in [-0.4, -0.2) is 49.4 Å². The van der Waals surface area contributed by atoms with Gasteiger partial charge in [0.2, 0.25) is 5.91 Å². The van der Waals surface area contributed by atoms with Crippen LogP contribution in [0.5, 0.6) is 0 Å². The molecule has 0 radical (unpaired) electrons. The lowest BCUT2D eigenvalue weighted by atomic mass is 10.2. The van der Waals surface area contributed by atoms with Gasteiger partial charge in [0.25, 0.3) is 0 Å². The van der Waals surface area contributed by atoms with Crippen molar-refractivity contribution in [2.24, 2.45) is 0 Å². The Morgan fingerprint density at radius 2 is 2.40 bits per heavy atom. The lowest BCUT2D eigenvalue weighted by Gasteiger charge is -2.33. The maximum atomic E-state index is 12.1. The highest BCUT2D eigenvalue weighted by atomic mass is 16.5. The van der Waals surface area contributed by atoms with Crippen molar-refractivity contribution in [1.29, 1.82) is 0 Å². The van der Waals surface area contributed by atoms with Crippen molar-refractivity contribution < 1.29 is 18.7 Å². The number of amides is 1. The summed E-state index contributed by atoms with van der Waals surface area (Å²) in [4.78, 5) is 24.7. The van der Waals surface area contributed by atoms with Crippen molar-refractivity contribution in [3.63, 3.8) is 0 Å². The van der Waals surface area contributed by atoms with Crippen molar-refractivity contribution >= 4 is 12.2 Å². The van der Waals surface area contributed by atoms with E-state index in [4.69, 9.17) is 9.15 Å². The highest BCUT2D eigenvalue weighted by Crippen LogP contribution is 2.14. The second-order valence-corrected chi connectivity index (χ2v) is 4.77. The number of nitrogens with one attached hydrogen (secondary N) is 1. The number of aldehydes is 1. The zero-order valence-corrected chi connectivity index (χ0v) is 11.6. The number of furan rings is 1. The maximum Gasteiger partial charge on any atom is 0.239 e. The summed E-state index contributed by atoms with van der Waals surface area (Å²) in [6, 6.07) is 3.09. The minimum Gasteiger partial charge on any atom is -0.457 e. The predicted molar refractivity (Wildman–Crippen MR) is 72.4 cm³/mol. The molecule has 1 unspecified atom stereocenters. The Morgan fingerprint density at radius 3 is 3.10 bits per heavy atom. The van der Waals surface area contributed by atoms with Crippen LogP contribution >= 0.6 is 0 Å². The fraction of sp³-hybridized carbons (Fsp3) is 0.571. The number of ether oxygens (including phenoxy) is 1. The molecule has 1 aromatic heterocycles. The van der Waals surface area contributed by atoms with E-state index in [0.29, 0.717) is 50.7 Å². The fourth-order valence-corrected chi connectivity index (χ4v) is 2.18. The van der Waals surface area contributed by atoms with Crippen molar-refractivity contribution in [3.8, 4) is 0 Å². The van der Waals surface area contributed by atoms with Crippen molar-refractivity contribution in [1.82, 2.24) is 10.2 Å². The molecular weight excluding hydrogens is 260 g/mol. The molecule has 1 amide bonds. The van der Waals surface area contributed by atoms with Gasteiger partial charge in [0.05, 0.1) is 19.8 Å². The van der Waals surface area contributed by atoms with Gasteiger partial charge in [-0.2, -0.15) is 0 Å². The standard InChI is InChI=1S/C14H20N2O4/c1-2-5-15-14(18)13-10-19-7-6-16(13)8-11-3-4-12(9-17)20-11/h3-4,9,13H,2,5-8,10H2,1H3,(H,15,18). The van der Waals surface area contributed by atoms with Gasteiger partial charge in [-0.15, -0.1) is 0 Å². The Balaban J connectivity index is 1.99. The van der Waals surface area contributed by atoms with Crippen molar-refractivity contribution in [2.75, 3.05) is 26.3 Å². The highest BCUT2D eigenvalue weighted by molar-refractivity contribution is 5.82. The zero-order valence-electron chi connectivity index (χ0n) is 11.6. The predicted octanol–water partition coefficient (Wildman–Crippen LogP) is 0.819. The molecule has 1 saturated heterocycles. The number of rotatable bonds is 6. The molecule has 0 spiro atoms. The molecule has 1 aromatic rings. The molecule has 1 aliphatic rings. The van der Waals surface area contributed by atoms with E-state index in [1.807, 2.05) is 11.8 Å². The molecule has 1 N–H and O–H groups in total. The molecule has 0 aliphatic carbocycles. The third-order valence-corrected chi connectivity index (χ3v) is 3.25. The summed E-state index contributed by atoms with van der Waals surface area (Å²) < 4.78 is 10.8. The van der Waals surface area contributed by atoms with E-state index < -0.39 is 0 Å². The molecule has 0 bridgehead atoms. The fourth-order valence-electron chi connectivity index (χ4n) is 2.18. The number of morpholine rings is 1. The first-order valence-corrected chi connectivity index (χ1v) is 6.88. The lowest BCUT2D eigenvalue weighted by molar-refractivity contribution is -0.133. The number of carbonyl (C=O) groups is 2. The van der Waals surface area contributed by atoms with E-state index in [9.17, 15) is 9.59 Å². The Labute approximate surface area is 118 Å². The first-order valence-electron chi connectivity index (χ1n) is 6.88. The molecule has 2 heterocycles. The van der Waals surface area contributed by atoms with Gasteiger partial charge in [-0.25, -0.2) is 0 Å². The second-order valence-electron chi connectivity index (χ2n) is 4.77. The number of hydrogen-bond donors (Lipinski definition) is 1. The van der Waals surface area contributed by atoms with Crippen LogP contribution in [0.3, 0.4) is 0 Å². The zero-order chi connectivity index (χ0) is 14.4. The summed E-state index contributed by atoms with van der Waals surface area (Å²) in [7, 11) is 0. The van der Waals surface area contributed by atoms with Crippen LogP contribution < -0.4 is 5.32 Å². The molecule has 110 valence electrons. The average Bonchev–Trinajstić information content (AvgIpc) is 2.93. The quantitative estimate of drug-likeness (QED) is 0.781. The minimum atomic E-state index is -0.305. The molecule has 6 heteroatoms. The molecular formula is C14H20N2O4. The summed E-state index contributed by atoms with van der Waals surface area (Å²) in [5.74, 6) is 0.969. The molecule has 1 fully saturated rings. The Bertz CT molecular complexity index is 458. The van der Waals surface area contributed by atoms with Crippen LogP contribution in [-0.2, 0) is 16.1 Å². The highest BCUT2D eigenvalue weighted by Gasteiger charge is 2.29. The van der Waals surface area contributed by atoms with Gasteiger partial charge in [0, 0.05) is 13.1 Å². The summed E-state index contributed by atoms with van der Waals surface area (Å²) in [6.07, 6.45) is 1.58. The van der Waals surface area contributed by atoms with E-state index in [1.165, 1.54) is 0 Å². The third-order valence-electron chi connectivity index (χ3n) is 3.25. The number of nitrogens with zero attached hydrogens (tertiary/aromatic N) is 1. The van der Waals surface area contributed by atoms with Gasteiger partial charge >= 0.3 is 0 Å². The normalized spacial score (nSPS) is 19.8. The first-order chi connectivity index (χ1) is 9.74. The molecule has 20 heavy (non-hydrogen) atoms. The lowest BCUT2D eigenvalue weighted by Crippen LogP contribution is -2.53. The van der Waals surface area contributed by atoms with Crippen LogP contribution in [0.1, 0.15) is 29.7 Å². The van der Waals surface area contributed by atoms with E-state index in [0.717, 1.165) is 6.42 Å². The van der Waals surface area contributed by atoms with E-state index in [-0.39, 0.29) is 11.9 Å². The maximum absolute atomic E-state index is 12.1. The van der Waals surface area contributed by atoms with Gasteiger partial charge in [-0.05, 0) is 18.6 Å².